The van der Waals surface area contributed by atoms with Crippen LogP contribution in [0.1, 0.15) is 36.6 Å². The molecule has 9 nitrogen and oxygen atoms in total. The van der Waals surface area contributed by atoms with Crippen LogP contribution < -0.4 is 11.1 Å². The van der Waals surface area contributed by atoms with E-state index in [1.54, 1.807) is 12.4 Å². The quantitative estimate of drug-likeness (QED) is 0.601. The van der Waals surface area contributed by atoms with E-state index in [1.807, 2.05) is 28.8 Å². The molecule has 0 aliphatic carbocycles. The van der Waals surface area contributed by atoms with Gasteiger partial charge >= 0.3 is 5.76 Å². The zero-order valence-electron chi connectivity index (χ0n) is 18.7. The number of rotatable bonds is 5. The Balaban J connectivity index is 0.00000136. The summed E-state index contributed by atoms with van der Waals surface area (Å²) in [4.78, 5) is 33.4. The zero-order valence-corrected chi connectivity index (χ0v) is 22.0. The first-order chi connectivity index (χ1) is 15.2. The number of hydrogen-bond acceptors (Lipinski definition) is 8. The second kappa shape index (κ2) is 13.1. The Morgan fingerprint density at radius 1 is 1.21 bits per heavy atom. The lowest BCUT2D eigenvalue weighted by Crippen LogP contribution is -2.42. The van der Waals surface area contributed by atoms with E-state index >= 15 is 0 Å². The van der Waals surface area contributed by atoms with Crippen LogP contribution >= 0.6 is 49.0 Å². The molecule has 0 aromatic carbocycles. The van der Waals surface area contributed by atoms with Crippen LogP contribution in [-0.2, 0) is 11.3 Å². The van der Waals surface area contributed by atoms with Crippen LogP contribution in [0.3, 0.4) is 0 Å². The Morgan fingerprint density at radius 3 is 2.68 bits per heavy atom. The summed E-state index contributed by atoms with van der Waals surface area (Å²) in [7, 11) is 0. The minimum Gasteiger partial charge on any atom is -0.392 e. The molecule has 3 saturated heterocycles. The molecule has 13 heteroatoms. The smallest absolute Gasteiger partial charge is 0.392 e. The molecule has 0 unspecified atom stereocenters. The van der Waals surface area contributed by atoms with Crippen LogP contribution in [0.4, 0.5) is 0 Å². The average molecular weight is 554 g/mol. The lowest BCUT2D eigenvalue weighted by Gasteiger charge is -2.34. The maximum absolute atomic E-state index is 12.7. The lowest BCUT2D eigenvalue weighted by molar-refractivity contribution is -0.131. The number of carbonyl (C=O) groups excluding carboxylic acids is 1. The standard InChI is InChI=1S/C21H28N6O3S.3ClH/c28-20(26-8-9-31-14-26)18-10-17(12-23-18)25-6-3-16(4-7-25)19-24-27(21(29)30-19)13-15-2-1-5-22-11-15;;;/h1-2,5,11,16-18,23H,3-4,6-10,12-14H2;3*1H/t17-,18-;;;/m0.../s1. The summed E-state index contributed by atoms with van der Waals surface area (Å²) in [5.41, 5.74) is 0.921. The fourth-order valence-electron chi connectivity index (χ4n) is 4.75. The zero-order chi connectivity index (χ0) is 21.2. The number of aromatic nitrogens is 3. The highest BCUT2D eigenvalue weighted by atomic mass is 35.5. The highest BCUT2D eigenvalue weighted by Gasteiger charge is 2.37. The summed E-state index contributed by atoms with van der Waals surface area (Å²) in [6.45, 7) is 3.95. The molecule has 2 atom stereocenters. The second-order valence-electron chi connectivity index (χ2n) is 8.52. The van der Waals surface area contributed by atoms with Crippen LogP contribution in [0.2, 0.25) is 0 Å². The molecule has 3 aliphatic rings. The van der Waals surface area contributed by atoms with Crippen molar-refractivity contribution < 1.29 is 9.21 Å². The fourth-order valence-corrected chi connectivity index (χ4v) is 5.71. The van der Waals surface area contributed by atoms with Gasteiger partial charge in [-0.2, -0.15) is 4.68 Å². The van der Waals surface area contributed by atoms with Crippen molar-refractivity contribution >= 4 is 54.9 Å². The number of pyridine rings is 1. The van der Waals surface area contributed by atoms with E-state index in [1.165, 1.54) is 4.68 Å². The van der Waals surface area contributed by atoms with Crippen molar-refractivity contribution in [3.63, 3.8) is 0 Å². The van der Waals surface area contributed by atoms with Gasteiger partial charge in [-0.25, -0.2) is 4.79 Å². The van der Waals surface area contributed by atoms with Gasteiger partial charge in [-0.3, -0.25) is 14.7 Å². The van der Waals surface area contributed by atoms with Gasteiger partial charge in [0.2, 0.25) is 11.8 Å². The van der Waals surface area contributed by atoms with Gasteiger partial charge in [-0.15, -0.1) is 54.1 Å². The number of thioether (sulfide) groups is 1. The molecule has 1 amide bonds. The number of likely N-dealkylation sites (tertiary alicyclic amines) is 1. The number of nitrogens with zero attached hydrogens (tertiary/aromatic N) is 5. The van der Waals surface area contributed by atoms with Crippen LogP contribution in [0, 0.1) is 0 Å². The molecule has 1 N–H and O–H groups in total. The molecule has 0 spiro atoms. The van der Waals surface area contributed by atoms with E-state index in [0.29, 0.717) is 18.5 Å². The molecule has 2 aromatic heterocycles. The largest absolute Gasteiger partial charge is 0.437 e. The number of amides is 1. The van der Waals surface area contributed by atoms with Crippen LogP contribution in [-0.4, -0.2) is 80.4 Å². The van der Waals surface area contributed by atoms with Crippen molar-refractivity contribution in [3.05, 3.63) is 46.5 Å². The van der Waals surface area contributed by atoms with E-state index in [9.17, 15) is 9.59 Å². The molecule has 5 rings (SSSR count). The van der Waals surface area contributed by atoms with E-state index in [0.717, 1.165) is 62.6 Å². The predicted molar refractivity (Wildman–Crippen MR) is 139 cm³/mol. The predicted octanol–water partition coefficient (Wildman–Crippen LogP) is 1.99. The minimum absolute atomic E-state index is 0. The molecule has 3 fully saturated rings. The van der Waals surface area contributed by atoms with E-state index < -0.39 is 5.76 Å². The lowest BCUT2D eigenvalue weighted by atomic mass is 9.95. The van der Waals surface area contributed by atoms with Crippen molar-refractivity contribution in [2.45, 2.75) is 43.8 Å². The molecule has 5 heterocycles. The Morgan fingerprint density at radius 2 is 2.00 bits per heavy atom. The van der Waals surface area contributed by atoms with Crippen molar-refractivity contribution in [2.24, 2.45) is 0 Å². The first kappa shape index (κ1) is 28.9. The number of hydrogen-bond donors (Lipinski definition) is 1. The summed E-state index contributed by atoms with van der Waals surface area (Å²) < 4.78 is 6.87. The normalized spacial score (nSPS) is 23.1. The topological polar surface area (TPSA) is 96.5 Å². The number of carbonyl (C=O) groups is 1. The van der Waals surface area contributed by atoms with Crippen molar-refractivity contribution in [1.82, 2.24) is 29.9 Å². The Bertz CT molecular complexity index is 964. The van der Waals surface area contributed by atoms with Gasteiger partial charge in [-0.1, -0.05) is 6.07 Å². The molecular weight excluding hydrogens is 523 g/mol. The molecule has 0 bridgehead atoms. The summed E-state index contributed by atoms with van der Waals surface area (Å²) in [6.07, 6.45) is 6.13. The Hall–Kier alpha value is -1.30. The number of nitrogens with one attached hydrogen (secondary N) is 1. The summed E-state index contributed by atoms with van der Waals surface area (Å²) in [6, 6.07) is 4.10. The van der Waals surface area contributed by atoms with Gasteiger partial charge in [0.1, 0.15) is 0 Å². The third-order valence-corrected chi connectivity index (χ3v) is 7.51. The number of piperidine rings is 1. The van der Waals surface area contributed by atoms with Crippen molar-refractivity contribution in [3.8, 4) is 0 Å². The molecular formula is C21H31Cl3N6O3S. The second-order valence-corrected chi connectivity index (χ2v) is 9.60. The van der Waals surface area contributed by atoms with Crippen molar-refractivity contribution in [2.75, 3.05) is 37.8 Å². The van der Waals surface area contributed by atoms with E-state index in [2.05, 4.69) is 20.3 Å². The highest BCUT2D eigenvalue weighted by molar-refractivity contribution is 7.99. The maximum atomic E-state index is 12.7. The van der Waals surface area contributed by atoms with Crippen LogP contribution in [0.25, 0.3) is 0 Å². The molecule has 2 aromatic rings. The minimum atomic E-state index is -0.414. The molecule has 34 heavy (non-hydrogen) atoms. The molecule has 0 saturated carbocycles. The van der Waals surface area contributed by atoms with Gasteiger partial charge in [0.25, 0.3) is 0 Å². The monoisotopic (exact) mass is 552 g/mol. The fraction of sp³-hybridized carbons (Fsp3) is 0.619. The average Bonchev–Trinajstić information content (AvgIpc) is 3.56. The van der Waals surface area contributed by atoms with E-state index in [4.69, 9.17) is 4.42 Å². The van der Waals surface area contributed by atoms with Crippen molar-refractivity contribution in [1.29, 1.82) is 0 Å². The molecule has 3 aliphatic heterocycles. The SMILES string of the molecule is Cl.Cl.Cl.O=C([C@@H]1C[C@H](N2CCC(c3nn(Cc4cccnc4)c(=O)o3)CC2)CN1)N1CCSC1. The van der Waals surface area contributed by atoms with Crippen LogP contribution in [0.5, 0.6) is 0 Å². The van der Waals surface area contributed by atoms with Gasteiger partial charge < -0.3 is 14.6 Å². The van der Waals surface area contributed by atoms with Gasteiger partial charge in [0.15, 0.2) is 0 Å². The van der Waals surface area contributed by atoms with Crippen LogP contribution in [0.15, 0.2) is 33.7 Å². The Kier molecular flexibility index (Phi) is 11.2. The summed E-state index contributed by atoms with van der Waals surface area (Å²) >= 11 is 1.82. The first-order valence-electron chi connectivity index (χ1n) is 11.0. The summed E-state index contributed by atoms with van der Waals surface area (Å²) in [5.74, 6) is 2.41. The summed E-state index contributed by atoms with van der Waals surface area (Å²) in [5, 5.41) is 7.89. The Labute approximate surface area is 221 Å². The third kappa shape index (κ3) is 6.47. The first-order valence-corrected chi connectivity index (χ1v) is 12.1. The van der Waals surface area contributed by atoms with Gasteiger partial charge in [-0.05, 0) is 44.0 Å². The van der Waals surface area contributed by atoms with Gasteiger partial charge in [0, 0.05) is 43.2 Å². The third-order valence-electron chi connectivity index (χ3n) is 6.54. The molecule has 0 radical (unpaired) electrons. The van der Waals surface area contributed by atoms with E-state index in [-0.39, 0.29) is 55.1 Å². The molecule has 190 valence electrons. The maximum Gasteiger partial charge on any atom is 0.437 e. The van der Waals surface area contributed by atoms with Gasteiger partial charge in [0.05, 0.1) is 18.5 Å². The number of halogens is 3. The highest BCUT2D eigenvalue weighted by Crippen LogP contribution is 2.29.